The molecule has 0 spiro atoms. The maximum Gasteiger partial charge on any atom is 0.325 e. The van der Waals surface area contributed by atoms with E-state index in [-0.39, 0.29) is 30.9 Å². The molecule has 6 nitrogen and oxygen atoms in total. The van der Waals surface area contributed by atoms with Crippen molar-refractivity contribution < 1.29 is 19.1 Å². The van der Waals surface area contributed by atoms with Gasteiger partial charge in [0.15, 0.2) is 0 Å². The number of ether oxygens (including phenoxy) is 1. The van der Waals surface area contributed by atoms with Gasteiger partial charge in [-0.2, -0.15) is 0 Å². The highest BCUT2D eigenvalue weighted by molar-refractivity contribution is 5.96. The summed E-state index contributed by atoms with van der Waals surface area (Å²) in [6.45, 7) is 3.29. The molecule has 0 heterocycles. The molecule has 0 fully saturated rings. The summed E-state index contributed by atoms with van der Waals surface area (Å²) in [6.07, 6.45) is 0. The third-order valence-electron chi connectivity index (χ3n) is 2.91. The number of esters is 1. The molecule has 6 heteroatoms. The highest BCUT2D eigenvalue weighted by Gasteiger charge is 2.20. The number of hydrogen-bond donors (Lipinski definition) is 1. The van der Waals surface area contributed by atoms with E-state index in [0.29, 0.717) is 5.56 Å². The highest BCUT2D eigenvalue weighted by atomic mass is 16.5. The van der Waals surface area contributed by atoms with Crippen LogP contribution in [0.4, 0.5) is 0 Å². The van der Waals surface area contributed by atoms with Gasteiger partial charge >= 0.3 is 5.97 Å². The molecule has 0 unspecified atom stereocenters. The van der Waals surface area contributed by atoms with Crippen molar-refractivity contribution in [2.24, 2.45) is 0 Å². The van der Waals surface area contributed by atoms with Crippen molar-refractivity contribution in [3.8, 4) is 0 Å². The van der Waals surface area contributed by atoms with Crippen LogP contribution >= 0.6 is 0 Å². The second kappa shape index (κ2) is 8.04. The Bertz CT molecular complexity index is 500. The molecule has 1 aromatic carbocycles. The van der Waals surface area contributed by atoms with Crippen molar-refractivity contribution in [3.63, 3.8) is 0 Å². The summed E-state index contributed by atoms with van der Waals surface area (Å²) >= 11 is 0. The van der Waals surface area contributed by atoms with Crippen LogP contribution in [0.3, 0.4) is 0 Å². The average molecular weight is 292 g/mol. The average Bonchev–Trinajstić information content (AvgIpc) is 2.50. The Balaban J connectivity index is 2.58. The molecule has 0 saturated heterocycles. The number of carbonyl (C=O) groups is 3. The van der Waals surface area contributed by atoms with E-state index in [2.05, 4.69) is 10.1 Å². The molecule has 0 aliphatic rings. The largest absolute Gasteiger partial charge is 0.468 e. The third kappa shape index (κ3) is 5.25. The van der Waals surface area contributed by atoms with Crippen LogP contribution in [0, 0.1) is 0 Å². The van der Waals surface area contributed by atoms with Gasteiger partial charge in [-0.25, -0.2) is 0 Å². The topological polar surface area (TPSA) is 75.7 Å². The summed E-state index contributed by atoms with van der Waals surface area (Å²) in [5, 5.41) is 2.54. The molecule has 114 valence electrons. The summed E-state index contributed by atoms with van der Waals surface area (Å²) in [5.41, 5.74) is 0.481. The van der Waals surface area contributed by atoms with Crippen molar-refractivity contribution in [2.45, 2.75) is 19.9 Å². The van der Waals surface area contributed by atoms with Gasteiger partial charge in [0.2, 0.25) is 5.91 Å². The van der Waals surface area contributed by atoms with Gasteiger partial charge in [-0.05, 0) is 26.0 Å². The molecular formula is C15H20N2O4. The first-order valence-electron chi connectivity index (χ1n) is 6.65. The van der Waals surface area contributed by atoms with Gasteiger partial charge in [-0.1, -0.05) is 18.2 Å². The molecule has 1 aromatic rings. The number of methoxy groups -OCH3 is 1. The molecule has 21 heavy (non-hydrogen) atoms. The van der Waals surface area contributed by atoms with Gasteiger partial charge in [0.05, 0.1) is 13.7 Å². The maximum absolute atomic E-state index is 12.1. The fourth-order valence-corrected chi connectivity index (χ4v) is 1.71. The van der Waals surface area contributed by atoms with E-state index in [0.717, 1.165) is 0 Å². The van der Waals surface area contributed by atoms with E-state index in [1.165, 1.54) is 12.0 Å². The van der Waals surface area contributed by atoms with Crippen LogP contribution in [0.2, 0.25) is 0 Å². The van der Waals surface area contributed by atoms with E-state index >= 15 is 0 Å². The number of nitrogens with one attached hydrogen (secondary N) is 1. The second-order valence-electron chi connectivity index (χ2n) is 4.74. The minimum Gasteiger partial charge on any atom is -0.468 e. The third-order valence-corrected chi connectivity index (χ3v) is 2.91. The highest BCUT2D eigenvalue weighted by Crippen LogP contribution is 2.01. The molecule has 0 saturated carbocycles. The first kappa shape index (κ1) is 16.7. The SMILES string of the molecule is COC(=O)CN(C(=O)CNC(=O)c1ccccc1)C(C)C. The Morgan fingerprint density at radius 2 is 1.81 bits per heavy atom. The van der Waals surface area contributed by atoms with Crippen molar-refractivity contribution >= 4 is 17.8 Å². The second-order valence-corrected chi connectivity index (χ2v) is 4.74. The fourth-order valence-electron chi connectivity index (χ4n) is 1.71. The number of hydrogen-bond acceptors (Lipinski definition) is 4. The number of rotatable bonds is 6. The zero-order chi connectivity index (χ0) is 15.8. The van der Waals surface area contributed by atoms with Gasteiger partial charge in [0, 0.05) is 11.6 Å². The summed E-state index contributed by atoms with van der Waals surface area (Å²) in [5.74, 6) is -1.16. The maximum atomic E-state index is 12.1. The van der Waals surface area contributed by atoms with Crippen LogP contribution in [0.5, 0.6) is 0 Å². The molecular weight excluding hydrogens is 272 g/mol. The molecule has 0 atom stereocenters. The lowest BCUT2D eigenvalue weighted by molar-refractivity contribution is -0.147. The molecule has 0 aliphatic carbocycles. The Labute approximate surface area is 124 Å². The summed E-state index contributed by atoms with van der Waals surface area (Å²) in [6, 6.07) is 8.45. The molecule has 0 aliphatic heterocycles. The Morgan fingerprint density at radius 1 is 1.19 bits per heavy atom. The molecule has 1 rings (SSSR count). The number of amides is 2. The van der Waals surface area contributed by atoms with Crippen LogP contribution in [0.25, 0.3) is 0 Å². The minimum absolute atomic E-state index is 0.131. The Kier molecular flexibility index (Phi) is 6.39. The standard InChI is InChI=1S/C15H20N2O4/c1-11(2)17(10-14(19)21-3)13(18)9-16-15(20)12-7-5-4-6-8-12/h4-8,11H,9-10H2,1-3H3,(H,16,20). The van der Waals surface area contributed by atoms with Gasteiger partial charge in [-0.3, -0.25) is 14.4 Å². The molecule has 1 N–H and O–H groups in total. The lowest BCUT2D eigenvalue weighted by Gasteiger charge is -2.25. The van der Waals surface area contributed by atoms with Crippen LogP contribution in [0.1, 0.15) is 24.2 Å². The summed E-state index contributed by atoms with van der Waals surface area (Å²) in [7, 11) is 1.27. The van der Waals surface area contributed by atoms with Crippen LogP contribution < -0.4 is 5.32 Å². The van der Waals surface area contributed by atoms with Crippen molar-refractivity contribution in [1.29, 1.82) is 0 Å². The molecule has 0 bridgehead atoms. The van der Waals surface area contributed by atoms with Crippen LogP contribution in [-0.2, 0) is 14.3 Å². The first-order valence-corrected chi connectivity index (χ1v) is 6.65. The van der Waals surface area contributed by atoms with Gasteiger partial charge in [0.1, 0.15) is 6.54 Å². The lowest BCUT2D eigenvalue weighted by atomic mass is 10.2. The number of nitrogens with zero attached hydrogens (tertiary/aromatic N) is 1. The van der Waals surface area contributed by atoms with E-state index in [1.54, 1.807) is 44.2 Å². The minimum atomic E-state index is -0.494. The Hall–Kier alpha value is -2.37. The van der Waals surface area contributed by atoms with Crippen LogP contribution in [-0.4, -0.2) is 48.9 Å². The quantitative estimate of drug-likeness (QED) is 0.788. The first-order chi connectivity index (χ1) is 9.95. The smallest absolute Gasteiger partial charge is 0.325 e. The van der Waals surface area contributed by atoms with E-state index in [1.807, 2.05) is 0 Å². The zero-order valence-corrected chi connectivity index (χ0v) is 12.5. The summed E-state index contributed by atoms with van der Waals surface area (Å²) in [4.78, 5) is 36.6. The van der Waals surface area contributed by atoms with E-state index < -0.39 is 5.97 Å². The normalized spacial score (nSPS) is 10.1. The van der Waals surface area contributed by atoms with Crippen molar-refractivity contribution in [3.05, 3.63) is 35.9 Å². The number of carbonyl (C=O) groups excluding carboxylic acids is 3. The Morgan fingerprint density at radius 3 is 2.33 bits per heavy atom. The fraction of sp³-hybridized carbons (Fsp3) is 0.400. The predicted octanol–water partition coefficient (Wildman–Crippen LogP) is 0.826. The van der Waals surface area contributed by atoms with Gasteiger partial charge in [-0.15, -0.1) is 0 Å². The molecule has 2 amide bonds. The predicted molar refractivity (Wildman–Crippen MR) is 77.6 cm³/mol. The van der Waals surface area contributed by atoms with Gasteiger partial charge < -0.3 is 15.0 Å². The van der Waals surface area contributed by atoms with Crippen molar-refractivity contribution in [1.82, 2.24) is 10.2 Å². The van der Waals surface area contributed by atoms with E-state index in [9.17, 15) is 14.4 Å². The zero-order valence-electron chi connectivity index (χ0n) is 12.5. The van der Waals surface area contributed by atoms with Gasteiger partial charge in [0.25, 0.3) is 5.91 Å². The monoisotopic (exact) mass is 292 g/mol. The van der Waals surface area contributed by atoms with Crippen LogP contribution in [0.15, 0.2) is 30.3 Å². The van der Waals surface area contributed by atoms with E-state index in [4.69, 9.17) is 0 Å². The molecule has 0 aromatic heterocycles. The molecule has 0 radical (unpaired) electrons. The lowest BCUT2D eigenvalue weighted by Crippen LogP contribution is -2.46. The summed E-state index contributed by atoms with van der Waals surface area (Å²) < 4.78 is 4.56. The van der Waals surface area contributed by atoms with Crippen molar-refractivity contribution in [2.75, 3.05) is 20.2 Å². The number of benzene rings is 1.